The average Bonchev–Trinajstić information content (AvgIpc) is 3.25. The normalized spacial score (nSPS) is 17.1. The molecule has 3 heterocycles. The Morgan fingerprint density at radius 1 is 1.33 bits per heavy atom. The van der Waals surface area contributed by atoms with Crippen LogP contribution in [0.5, 0.6) is 0 Å². The number of urea groups is 1. The van der Waals surface area contributed by atoms with Gasteiger partial charge in [-0.2, -0.15) is 0 Å². The Morgan fingerprint density at radius 3 is 2.71 bits per heavy atom. The summed E-state index contributed by atoms with van der Waals surface area (Å²) in [7, 11) is 5.65. The third kappa shape index (κ3) is 3.51. The molecule has 2 amide bonds. The first-order valence-corrected chi connectivity index (χ1v) is 8.97. The fraction of sp³-hybridized carbons (Fsp3) is 0.471. The van der Waals surface area contributed by atoms with Crippen molar-refractivity contribution < 1.29 is 4.79 Å². The molecule has 1 saturated heterocycles. The van der Waals surface area contributed by atoms with Gasteiger partial charge in [0.05, 0.1) is 12.6 Å². The van der Waals surface area contributed by atoms with Gasteiger partial charge in [-0.25, -0.2) is 14.8 Å². The molecule has 6 nitrogen and oxygen atoms in total. The van der Waals surface area contributed by atoms with Crippen LogP contribution in [0.4, 0.5) is 10.7 Å². The Hall–Kier alpha value is -2.15. The predicted octanol–water partition coefficient (Wildman–Crippen LogP) is 2.99. The fourth-order valence-electron chi connectivity index (χ4n) is 2.99. The molecule has 0 radical (unpaired) electrons. The summed E-state index contributed by atoms with van der Waals surface area (Å²) in [6.07, 6.45) is 5.67. The van der Waals surface area contributed by atoms with E-state index in [9.17, 15) is 4.79 Å². The standard InChI is InChI=1S/C17H23N5OS/c1-20(2)16-18-10-13(11-19-16)12-21(3)17(23)22-8-4-6-14(22)15-7-5-9-24-15/h5,7,9-11,14H,4,6,8,12H2,1-3H3. The Balaban J connectivity index is 1.65. The van der Waals surface area contributed by atoms with E-state index in [0.717, 1.165) is 24.9 Å². The zero-order valence-corrected chi connectivity index (χ0v) is 15.2. The maximum absolute atomic E-state index is 12.8. The van der Waals surface area contributed by atoms with E-state index >= 15 is 0 Å². The first-order valence-electron chi connectivity index (χ1n) is 8.09. The molecule has 1 aliphatic rings. The summed E-state index contributed by atoms with van der Waals surface area (Å²) in [6, 6.07) is 4.46. The Morgan fingerprint density at radius 2 is 2.08 bits per heavy atom. The Labute approximate surface area is 146 Å². The number of hydrogen-bond donors (Lipinski definition) is 0. The van der Waals surface area contributed by atoms with Crippen LogP contribution in [0, 0.1) is 0 Å². The van der Waals surface area contributed by atoms with Crippen molar-refractivity contribution in [1.82, 2.24) is 19.8 Å². The third-order valence-corrected chi connectivity index (χ3v) is 5.18. The van der Waals surface area contributed by atoms with E-state index in [1.807, 2.05) is 37.0 Å². The lowest BCUT2D eigenvalue weighted by atomic mass is 10.2. The largest absolute Gasteiger partial charge is 0.347 e. The molecule has 3 rings (SSSR count). The van der Waals surface area contributed by atoms with Gasteiger partial charge in [0, 0.05) is 50.5 Å². The number of hydrogen-bond acceptors (Lipinski definition) is 5. The second kappa shape index (κ2) is 7.17. The SMILES string of the molecule is CN(Cc1cnc(N(C)C)nc1)C(=O)N1CCCC1c1cccs1. The molecule has 1 unspecified atom stereocenters. The number of anilines is 1. The van der Waals surface area contributed by atoms with Crippen LogP contribution in [0.15, 0.2) is 29.9 Å². The molecule has 0 spiro atoms. The Kier molecular flexibility index (Phi) is 4.99. The van der Waals surface area contributed by atoms with Crippen LogP contribution in [0.2, 0.25) is 0 Å². The quantitative estimate of drug-likeness (QED) is 0.855. The summed E-state index contributed by atoms with van der Waals surface area (Å²) in [5.74, 6) is 0.671. The minimum Gasteiger partial charge on any atom is -0.347 e. The fourth-order valence-corrected chi connectivity index (χ4v) is 3.87. The molecule has 24 heavy (non-hydrogen) atoms. The molecule has 128 valence electrons. The van der Waals surface area contributed by atoms with Crippen molar-refractivity contribution in [2.24, 2.45) is 0 Å². The van der Waals surface area contributed by atoms with Crippen molar-refractivity contribution >= 4 is 23.3 Å². The first kappa shape index (κ1) is 16.7. The first-order chi connectivity index (χ1) is 11.6. The highest BCUT2D eigenvalue weighted by molar-refractivity contribution is 7.10. The van der Waals surface area contributed by atoms with Crippen LogP contribution in [0.25, 0.3) is 0 Å². The molecule has 1 fully saturated rings. The van der Waals surface area contributed by atoms with E-state index in [-0.39, 0.29) is 12.1 Å². The molecule has 2 aromatic rings. The molecule has 0 aliphatic carbocycles. The van der Waals surface area contributed by atoms with Gasteiger partial charge in [0.15, 0.2) is 0 Å². The maximum atomic E-state index is 12.8. The number of likely N-dealkylation sites (tertiary alicyclic amines) is 1. The number of aromatic nitrogens is 2. The van der Waals surface area contributed by atoms with E-state index in [4.69, 9.17) is 0 Å². The van der Waals surface area contributed by atoms with Gasteiger partial charge in [-0.1, -0.05) is 6.07 Å². The molecule has 1 atom stereocenters. The van der Waals surface area contributed by atoms with Crippen molar-refractivity contribution in [3.63, 3.8) is 0 Å². The van der Waals surface area contributed by atoms with E-state index < -0.39 is 0 Å². The van der Waals surface area contributed by atoms with Crippen LogP contribution >= 0.6 is 11.3 Å². The lowest BCUT2D eigenvalue weighted by Crippen LogP contribution is -2.40. The van der Waals surface area contributed by atoms with Gasteiger partial charge in [0.2, 0.25) is 5.95 Å². The van der Waals surface area contributed by atoms with E-state index in [0.29, 0.717) is 12.5 Å². The predicted molar refractivity (Wildman–Crippen MR) is 96.2 cm³/mol. The molecule has 7 heteroatoms. The van der Waals surface area contributed by atoms with Crippen molar-refractivity contribution in [3.05, 3.63) is 40.3 Å². The molecular weight excluding hydrogens is 322 g/mol. The molecule has 0 aromatic carbocycles. The lowest BCUT2D eigenvalue weighted by molar-refractivity contribution is 0.156. The monoisotopic (exact) mass is 345 g/mol. The van der Waals surface area contributed by atoms with Gasteiger partial charge in [0.1, 0.15) is 0 Å². The smallest absolute Gasteiger partial charge is 0.320 e. The summed E-state index contributed by atoms with van der Waals surface area (Å²) >= 11 is 1.72. The van der Waals surface area contributed by atoms with Gasteiger partial charge < -0.3 is 14.7 Å². The molecule has 2 aromatic heterocycles. The van der Waals surface area contributed by atoms with Crippen molar-refractivity contribution in [2.75, 3.05) is 32.6 Å². The van der Waals surface area contributed by atoms with Crippen molar-refractivity contribution in [3.8, 4) is 0 Å². The zero-order valence-electron chi connectivity index (χ0n) is 14.3. The summed E-state index contributed by atoms with van der Waals surface area (Å²) in [6.45, 7) is 1.34. The molecule has 0 N–H and O–H groups in total. The topological polar surface area (TPSA) is 52.6 Å². The summed E-state index contributed by atoms with van der Waals surface area (Å²) in [5, 5.41) is 2.07. The minimum absolute atomic E-state index is 0.0718. The third-order valence-electron chi connectivity index (χ3n) is 4.21. The van der Waals surface area contributed by atoms with E-state index in [2.05, 4.69) is 21.4 Å². The zero-order chi connectivity index (χ0) is 17.1. The number of carbonyl (C=O) groups is 1. The van der Waals surface area contributed by atoms with Gasteiger partial charge >= 0.3 is 6.03 Å². The summed E-state index contributed by atoms with van der Waals surface area (Å²) in [5.41, 5.74) is 0.934. The van der Waals surface area contributed by atoms with Crippen LogP contribution < -0.4 is 4.90 Å². The number of thiophene rings is 1. The highest BCUT2D eigenvalue weighted by Gasteiger charge is 2.32. The summed E-state index contributed by atoms with van der Waals surface area (Å²) in [4.78, 5) is 28.3. The van der Waals surface area contributed by atoms with Gasteiger partial charge in [-0.15, -0.1) is 11.3 Å². The second-order valence-corrected chi connectivity index (χ2v) is 7.27. The molecule has 1 aliphatic heterocycles. The molecular formula is C17H23N5OS. The lowest BCUT2D eigenvalue weighted by Gasteiger charge is -2.29. The van der Waals surface area contributed by atoms with Crippen LogP contribution in [0.3, 0.4) is 0 Å². The highest BCUT2D eigenvalue weighted by Crippen LogP contribution is 2.35. The van der Waals surface area contributed by atoms with Crippen LogP contribution in [-0.4, -0.2) is 53.5 Å². The van der Waals surface area contributed by atoms with Gasteiger partial charge in [0.25, 0.3) is 0 Å². The Bertz CT molecular complexity index is 671. The van der Waals surface area contributed by atoms with E-state index in [1.165, 1.54) is 4.88 Å². The van der Waals surface area contributed by atoms with Gasteiger partial charge in [-0.05, 0) is 24.3 Å². The van der Waals surface area contributed by atoms with Crippen molar-refractivity contribution in [1.29, 1.82) is 0 Å². The van der Waals surface area contributed by atoms with Crippen molar-refractivity contribution in [2.45, 2.75) is 25.4 Å². The van der Waals surface area contributed by atoms with Gasteiger partial charge in [-0.3, -0.25) is 0 Å². The number of carbonyl (C=O) groups excluding carboxylic acids is 1. The number of amides is 2. The second-order valence-electron chi connectivity index (χ2n) is 6.29. The number of nitrogens with zero attached hydrogens (tertiary/aromatic N) is 5. The maximum Gasteiger partial charge on any atom is 0.320 e. The van der Waals surface area contributed by atoms with Crippen LogP contribution in [0.1, 0.15) is 29.3 Å². The number of rotatable bonds is 4. The minimum atomic E-state index is 0.0718. The highest BCUT2D eigenvalue weighted by atomic mass is 32.1. The molecule has 0 bridgehead atoms. The average molecular weight is 345 g/mol. The van der Waals surface area contributed by atoms with Crippen LogP contribution in [-0.2, 0) is 6.54 Å². The van der Waals surface area contributed by atoms with E-state index in [1.54, 1.807) is 28.6 Å². The molecule has 0 saturated carbocycles. The summed E-state index contributed by atoms with van der Waals surface area (Å²) < 4.78 is 0.